The molecule has 1 N–H and O–H groups in total. The topological polar surface area (TPSA) is 42.2 Å². The Morgan fingerprint density at radius 3 is 2.89 bits per heavy atom. The minimum Gasteiger partial charge on any atom is -0.464 e. The maximum Gasteiger partial charge on any atom is 0.224 e. The summed E-state index contributed by atoms with van der Waals surface area (Å²) in [6.45, 7) is 5.96. The Balaban J connectivity index is 2.22. The van der Waals surface area contributed by atoms with Gasteiger partial charge in [0, 0.05) is 22.0 Å². The standard InChI is InChI=1S/C15H18ClNO2/c1-4-10(3)17-15(18)6-11-8-19-14-5-9(2)13(16)7-12(11)14/h5,7-8,10H,4,6H2,1-3H3,(H,17,18)/t10-/m1/s1. The molecule has 0 aliphatic heterocycles. The Morgan fingerprint density at radius 1 is 1.47 bits per heavy atom. The van der Waals surface area contributed by atoms with Gasteiger partial charge in [-0.25, -0.2) is 0 Å². The normalized spacial score (nSPS) is 12.6. The molecule has 0 saturated heterocycles. The summed E-state index contributed by atoms with van der Waals surface area (Å²) in [5, 5.41) is 4.55. The number of halogens is 1. The highest BCUT2D eigenvalue weighted by molar-refractivity contribution is 6.32. The van der Waals surface area contributed by atoms with Crippen LogP contribution in [0.15, 0.2) is 22.8 Å². The van der Waals surface area contributed by atoms with Crippen LogP contribution in [0.2, 0.25) is 5.02 Å². The summed E-state index contributed by atoms with van der Waals surface area (Å²) in [5.74, 6) is 0.00810. The van der Waals surface area contributed by atoms with Crippen LogP contribution in [0.4, 0.5) is 0 Å². The average Bonchev–Trinajstić information content (AvgIpc) is 2.72. The van der Waals surface area contributed by atoms with Crippen molar-refractivity contribution >= 4 is 28.5 Å². The van der Waals surface area contributed by atoms with Crippen molar-refractivity contribution in [3.05, 3.63) is 34.5 Å². The second kappa shape index (κ2) is 5.66. The zero-order chi connectivity index (χ0) is 14.0. The molecule has 0 aliphatic carbocycles. The third-order valence-electron chi connectivity index (χ3n) is 3.31. The van der Waals surface area contributed by atoms with Gasteiger partial charge < -0.3 is 9.73 Å². The number of benzene rings is 1. The van der Waals surface area contributed by atoms with E-state index in [-0.39, 0.29) is 11.9 Å². The second-order valence-electron chi connectivity index (χ2n) is 4.91. The zero-order valence-electron chi connectivity index (χ0n) is 11.4. The van der Waals surface area contributed by atoms with Crippen molar-refractivity contribution in [2.24, 2.45) is 0 Å². The van der Waals surface area contributed by atoms with Gasteiger partial charge in [0.05, 0.1) is 12.7 Å². The number of hydrogen-bond acceptors (Lipinski definition) is 2. The fraction of sp³-hybridized carbons (Fsp3) is 0.400. The molecule has 0 aliphatic rings. The summed E-state index contributed by atoms with van der Waals surface area (Å²) < 4.78 is 5.48. The number of carbonyl (C=O) groups excluding carboxylic acids is 1. The van der Waals surface area contributed by atoms with Gasteiger partial charge in [-0.15, -0.1) is 0 Å². The summed E-state index contributed by atoms with van der Waals surface area (Å²) in [5.41, 5.74) is 2.62. The van der Waals surface area contributed by atoms with Crippen LogP contribution in [-0.2, 0) is 11.2 Å². The largest absolute Gasteiger partial charge is 0.464 e. The molecule has 1 amide bonds. The molecule has 0 unspecified atom stereocenters. The van der Waals surface area contributed by atoms with Gasteiger partial charge in [0.25, 0.3) is 0 Å². The van der Waals surface area contributed by atoms with Crippen molar-refractivity contribution in [3.8, 4) is 0 Å². The van der Waals surface area contributed by atoms with E-state index in [9.17, 15) is 4.79 Å². The number of nitrogens with one attached hydrogen (secondary N) is 1. The van der Waals surface area contributed by atoms with Gasteiger partial charge in [-0.05, 0) is 38.0 Å². The molecular formula is C15H18ClNO2. The molecule has 19 heavy (non-hydrogen) atoms. The molecule has 2 rings (SSSR count). The highest BCUT2D eigenvalue weighted by Gasteiger charge is 2.13. The van der Waals surface area contributed by atoms with Crippen molar-refractivity contribution in [1.29, 1.82) is 0 Å². The SMILES string of the molecule is CC[C@@H](C)NC(=O)Cc1coc2cc(C)c(Cl)cc12. The Bertz CT molecular complexity index is 603. The first kappa shape index (κ1) is 13.9. The van der Waals surface area contributed by atoms with Crippen LogP contribution in [0.25, 0.3) is 11.0 Å². The molecule has 0 fully saturated rings. The van der Waals surface area contributed by atoms with E-state index < -0.39 is 0 Å². The number of rotatable bonds is 4. The van der Waals surface area contributed by atoms with Crippen LogP contribution in [-0.4, -0.2) is 11.9 Å². The molecule has 0 bridgehead atoms. The van der Waals surface area contributed by atoms with Crippen molar-refractivity contribution in [2.75, 3.05) is 0 Å². The summed E-state index contributed by atoms with van der Waals surface area (Å²) in [6, 6.07) is 3.95. The van der Waals surface area contributed by atoms with E-state index in [0.29, 0.717) is 11.4 Å². The quantitative estimate of drug-likeness (QED) is 0.924. The molecular weight excluding hydrogens is 262 g/mol. The van der Waals surface area contributed by atoms with Crippen LogP contribution in [0.1, 0.15) is 31.4 Å². The summed E-state index contributed by atoms with van der Waals surface area (Å²) in [7, 11) is 0. The van der Waals surface area contributed by atoms with Gasteiger partial charge >= 0.3 is 0 Å². The number of amides is 1. The number of aryl methyl sites for hydroxylation is 1. The number of hydrogen-bond donors (Lipinski definition) is 1. The third kappa shape index (κ3) is 3.10. The van der Waals surface area contributed by atoms with Crippen LogP contribution in [0, 0.1) is 6.92 Å². The fourth-order valence-electron chi connectivity index (χ4n) is 1.94. The Morgan fingerprint density at radius 2 is 2.21 bits per heavy atom. The Kier molecular flexibility index (Phi) is 4.15. The second-order valence-corrected chi connectivity index (χ2v) is 5.32. The lowest BCUT2D eigenvalue weighted by Crippen LogP contribution is -2.33. The molecule has 1 atom stereocenters. The van der Waals surface area contributed by atoms with Crippen LogP contribution < -0.4 is 5.32 Å². The highest BCUT2D eigenvalue weighted by Crippen LogP contribution is 2.27. The molecule has 1 aromatic carbocycles. The molecule has 0 spiro atoms. The summed E-state index contributed by atoms with van der Waals surface area (Å²) in [4.78, 5) is 11.9. The summed E-state index contributed by atoms with van der Waals surface area (Å²) >= 11 is 6.12. The highest BCUT2D eigenvalue weighted by atomic mass is 35.5. The Labute approximate surface area is 117 Å². The van der Waals surface area contributed by atoms with Crippen LogP contribution in [0.5, 0.6) is 0 Å². The zero-order valence-corrected chi connectivity index (χ0v) is 12.2. The number of fused-ring (bicyclic) bond motifs is 1. The maximum absolute atomic E-state index is 11.9. The first-order valence-corrected chi connectivity index (χ1v) is 6.84. The first-order valence-electron chi connectivity index (χ1n) is 6.46. The molecule has 4 heteroatoms. The van der Waals surface area contributed by atoms with E-state index in [4.69, 9.17) is 16.0 Å². The van der Waals surface area contributed by atoms with Gasteiger partial charge in [-0.1, -0.05) is 18.5 Å². The smallest absolute Gasteiger partial charge is 0.224 e. The molecule has 1 aromatic heterocycles. The molecule has 2 aromatic rings. The number of furan rings is 1. The molecule has 0 saturated carbocycles. The van der Waals surface area contributed by atoms with Crippen molar-refractivity contribution in [1.82, 2.24) is 5.32 Å². The monoisotopic (exact) mass is 279 g/mol. The Hall–Kier alpha value is -1.48. The fourth-order valence-corrected chi connectivity index (χ4v) is 2.10. The predicted molar refractivity (Wildman–Crippen MR) is 77.6 cm³/mol. The lowest BCUT2D eigenvalue weighted by molar-refractivity contribution is -0.121. The minimum atomic E-state index is 0.00810. The van der Waals surface area contributed by atoms with Crippen molar-refractivity contribution in [2.45, 2.75) is 39.7 Å². The first-order chi connectivity index (χ1) is 9.01. The molecule has 3 nitrogen and oxygen atoms in total. The van der Waals surface area contributed by atoms with E-state index in [0.717, 1.165) is 28.5 Å². The van der Waals surface area contributed by atoms with E-state index in [2.05, 4.69) is 5.32 Å². The van der Waals surface area contributed by atoms with Gasteiger partial charge in [0.15, 0.2) is 0 Å². The minimum absolute atomic E-state index is 0.00810. The van der Waals surface area contributed by atoms with Gasteiger partial charge in [-0.2, -0.15) is 0 Å². The lowest BCUT2D eigenvalue weighted by Gasteiger charge is -2.10. The van der Waals surface area contributed by atoms with E-state index in [1.165, 1.54) is 0 Å². The summed E-state index contributed by atoms with van der Waals surface area (Å²) in [6.07, 6.45) is 2.87. The lowest BCUT2D eigenvalue weighted by atomic mass is 10.1. The molecule has 102 valence electrons. The molecule has 1 heterocycles. The van der Waals surface area contributed by atoms with E-state index in [1.54, 1.807) is 6.26 Å². The van der Waals surface area contributed by atoms with E-state index in [1.807, 2.05) is 32.9 Å². The van der Waals surface area contributed by atoms with Gasteiger partial charge in [0.1, 0.15) is 5.58 Å². The third-order valence-corrected chi connectivity index (χ3v) is 3.71. The van der Waals surface area contributed by atoms with Gasteiger partial charge in [0.2, 0.25) is 5.91 Å². The van der Waals surface area contributed by atoms with E-state index >= 15 is 0 Å². The average molecular weight is 280 g/mol. The van der Waals surface area contributed by atoms with Crippen LogP contribution in [0.3, 0.4) is 0 Å². The maximum atomic E-state index is 11.9. The van der Waals surface area contributed by atoms with Crippen molar-refractivity contribution in [3.63, 3.8) is 0 Å². The number of carbonyl (C=O) groups is 1. The molecule has 0 radical (unpaired) electrons. The van der Waals surface area contributed by atoms with Crippen LogP contribution >= 0.6 is 11.6 Å². The van der Waals surface area contributed by atoms with Crippen molar-refractivity contribution < 1.29 is 9.21 Å². The van der Waals surface area contributed by atoms with Gasteiger partial charge in [-0.3, -0.25) is 4.79 Å². The predicted octanol–water partition coefficient (Wildman–Crippen LogP) is 3.85.